The number of fused-ring (bicyclic) bond motifs is 1. The van der Waals surface area contributed by atoms with Gasteiger partial charge in [-0.3, -0.25) is 4.79 Å². The molecule has 0 saturated heterocycles. The molecule has 0 N–H and O–H groups in total. The van der Waals surface area contributed by atoms with Gasteiger partial charge in [-0.25, -0.2) is 0 Å². The maximum absolute atomic E-state index is 12.7. The lowest BCUT2D eigenvalue weighted by molar-refractivity contribution is 0.100. The first-order chi connectivity index (χ1) is 11.1. The quantitative estimate of drug-likeness (QED) is 0.478. The Kier molecular flexibility index (Phi) is 5.10. The molecule has 1 aliphatic carbocycles. The van der Waals surface area contributed by atoms with E-state index in [2.05, 4.69) is 29.8 Å². The molecule has 0 aromatic heterocycles. The molecule has 1 aromatic carbocycles. The highest BCUT2D eigenvalue weighted by molar-refractivity contribution is 9.09. The van der Waals surface area contributed by atoms with Gasteiger partial charge in [-0.2, -0.15) is 0 Å². The van der Waals surface area contributed by atoms with Crippen LogP contribution in [-0.2, 0) is 0 Å². The van der Waals surface area contributed by atoms with E-state index in [1.54, 1.807) is 0 Å². The molecule has 0 amide bonds. The van der Waals surface area contributed by atoms with Gasteiger partial charge in [-0.05, 0) is 56.7 Å². The summed E-state index contributed by atoms with van der Waals surface area (Å²) >= 11 is 3.60. The number of carbonyl (C=O) groups is 1. The first-order valence-corrected chi connectivity index (χ1v) is 9.38. The summed E-state index contributed by atoms with van der Waals surface area (Å²) < 4.78 is 11.9. The first kappa shape index (κ1) is 16.6. The molecule has 23 heavy (non-hydrogen) atoms. The molecule has 0 bridgehead atoms. The van der Waals surface area contributed by atoms with Gasteiger partial charge >= 0.3 is 0 Å². The van der Waals surface area contributed by atoms with Crippen molar-refractivity contribution >= 4 is 21.7 Å². The molecule has 3 nitrogen and oxygen atoms in total. The van der Waals surface area contributed by atoms with Crippen molar-refractivity contribution in [3.63, 3.8) is 0 Å². The maximum Gasteiger partial charge on any atom is 0.235 e. The number of rotatable bonds is 7. The Morgan fingerprint density at radius 2 is 2.22 bits per heavy atom. The average Bonchev–Trinajstić information content (AvgIpc) is 3.29. The molecule has 2 unspecified atom stereocenters. The third-order valence-corrected chi connectivity index (χ3v) is 4.95. The Bertz CT molecular complexity index is 617. The molecular weight excluding hydrogens is 356 g/mol. The lowest BCUT2D eigenvalue weighted by atomic mass is 10.1. The van der Waals surface area contributed by atoms with E-state index in [1.807, 2.05) is 24.3 Å². The van der Waals surface area contributed by atoms with Crippen LogP contribution in [0.5, 0.6) is 11.5 Å². The summed E-state index contributed by atoms with van der Waals surface area (Å²) in [5.41, 5.74) is 0.573. The van der Waals surface area contributed by atoms with Gasteiger partial charge in [-0.1, -0.05) is 35.3 Å². The number of ketones is 1. The molecule has 4 heteroatoms. The van der Waals surface area contributed by atoms with Crippen molar-refractivity contribution in [2.75, 3.05) is 0 Å². The number of alkyl halides is 1. The van der Waals surface area contributed by atoms with Gasteiger partial charge in [0, 0.05) is 4.83 Å². The number of benzene rings is 1. The Hall–Kier alpha value is -1.29. The Morgan fingerprint density at radius 1 is 1.43 bits per heavy atom. The fourth-order valence-electron chi connectivity index (χ4n) is 2.80. The van der Waals surface area contributed by atoms with Gasteiger partial charge in [0.1, 0.15) is 23.2 Å². The minimum atomic E-state index is -0.0475. The zero-order chi connectivity index (χ0) is 16.4. The number of Topliss-reactive ketones (excluding diaryl/α,β-unsaturated/α-hetero) is 1. The van der Waals surface area contributed by atoms with Gasteiger partial charge in [0.05, 0.1) is 0 Å². The van der Waals surface area contributed by atoms with E-state index < -0.39 is 0 Å². The van der Waals surface area contributed by atoms with Crippen molar-refractivity contribution in [2.45, 2.75) is 56.9 Å². The summed E-state index contributed by atoms with van der Waals surface area (Å²) in [6.45, 7) is 4.21. The highest BCUT2D eigenvalue weighted by atomic mass is 79.9. The van der Waals surface area contributed by atoms with Crippen molar-refractivity contribution in [3.05, 3.63) is 35.6 Å². The van der Waals surface area contributed by atoms with Gasteiger partial charge in [0.15, 0.2) is 5.76 Å². The summed E-state index contributed by atoms with van der Waals surface area (Å²) in [5, 5.41) is 0. The molecule has 3 rings (SSSR count). The summed E-state index contributed by atoms with van der Waals surface area (Å²) in [4.78, 5) is 12.9. The van der Waals surface area contributed by atoms with Crippen LogP contribution in [0.2, 0.25) is 0 Å². The second-order valence-corrected chi connectivity index (χ2v) is 7.87. The molecule has 0 spiro atoms. The molecule has 1 fully saturated rings. The molecule has 2 aliphatic rings. The predicted octanol–water partition coefficient (Wildman–Crippen LogP) is 5.28. The normalized spacial score (nSPS) is 21.0. The largest absolute Gasteiger partial charge is 0.488 e. The SMILES string of the molecule is CCCC(Oc1cccc2c1C(=O)C(=CCC1CC1)O2)C(C)Br. The Labute approximate surface area is 146 Å². The summed E-state index contributed by atoms with van der Waals surface area (Å²) in [6, 6.07) is 5.58. The van der Waals surface area contributed by atoms with Crippen molar-refractivity contribution < 1.29 is 14.3 Å². The van der Waals surface area contributed by atoms with Gasteiger partial charge in [0.25, 0.3) is 0 Å². The van der Waals surface area contributed by atoms with Gasteiger partial charge in [-0.15, -0.1) is 0 Å². The lowest BCUT2D eigenvalue weighted by Crippen LogP contribution is -2.25. The molecule has 1 aliphatic heterocycles. The van der Waals surface area contributed by atoms with E-state index in [0.29, 0.717) is 22.8 Å². The number of carbonyl (C=O) groups excluding carboxylic acids is 1. The smallest absolute Gasteiger partial charge is 0.235 e. The molecule has 0 radical (unpaired) electrons. The predicted molar refractivity (Wildman–Crippen MR) is 94.5 cm³/mol. The zero-order valence-corrected chi connectivity index (χ0v) is 15.3. The number of ether oxygens (including phenoxy) is 2. The second-order valence-electron chi connectivity index (χ2n) is 6.43. The fraction of sp³-hybridized carbons (Fsp3) is 0.526. The Morgan fingerprint density at radius 3 is 2.87 bits per heavy atom. The molecule has 1 heterocycles. The van der Waals surface area contributed by atoms with Crippen LogP contribution >= 0.6 is 15.9 Å². The second kappa shape index (κ2) is 7.08. The van der Waals surface area contributed by atoms with Crippen LogP contribution in [0.1, 0.15) is 56.3 Å². The van der Waals surface area contributed by atoms with E-state index in [0.717, 1.165) is 25.2 Å². The monoisotopic (exact) mass is 378 g/mol. The van der Waals surface area contributed by atoms with Crippen molar-refractivity contribution in [3.8, 4) is 11.5 Å². The van der Waals surface area contributed by atoms with Crippen LogP contribution in [0.25, 0.3) is 0 Å². The fourth-order valence-corrected chi connectivity index (χ4v) is 3.17. The third kappa shape index (κ3) is 3.79. The van der Waals surface area contributed by atoms with Crippen LogP contribution in [0.15, 0.2) is 30.0 Å². The molecule has 1 saturated carbocycles. The molecular formula is C19H23BrO3. The summed E-state index contributed by atoms with van der Waals surface area (Å²) in [5.74, 6) is 2.40. The minimum Gasteiger partial charge on any atom is -0.488 e. The van der Waals surface area contributed by atoms with Crippen LogP contribution in [0.3, 0.4) is 0 Å². The van der Waals surface area contributed by atoms with Crippen molar-refractivity contribution in [2.24, 2.45) is 5.92 Å². The topological polar surface area (TPSA) is 35.5 Å². The highest BCUT2D eigenvalue weighted by Gasteiger charge is 2.32. The third-order valence-electron chi connectivity index (χ3n) is 4.36. The van der Waals surface area contributed by atoms with Crippen molar-refractivity contribution in [1.29, 1.82) is 0 Å². The number of allylic oxidation sites excluding steroid dienone is 2. The summed E-state index contributed by atoms with van der Waals surface area (Å²) in [6.07, 6.45) is 7.42. The maximum atomic E-state index is 12.7. The van der Waals surface area contributed by atoms with E-state index in [4.69, 9.17) is 9.47 Å². The molecule has 124 valence electrons. The molecule has 1 aromatic rings. The first-order valence-electron chi connectivity index (χ1n) is 8.46. The highest BCUT2D eigenvalue weighted by Crippen LogP contribution is 2.40. The minimum absolute atomic E-state index is 0.0405. The summed E-state index contributed by atoms with van der Waals surface area (Å²) in [7, 11) is 0. The average molecular weight is 379 g/mol. The van der Waals surface area contributed by atoms with E-state index in [9.17, 15) is 4.79 Å². The van der Waals surface area contributed by atoms with Crippen LogP contribution in [0, 0.1) is 5.92 Å². The van der Waals surface area contributed by atoms with Gasteiger partial charge < -0.3 is 9.47 Å². The van der Waals surface area contributed by atoms with Crippen LogP contribution in [0.4, 0.5) is 0 Å². The lowest BCUT2D eigenvalue weighted by Gasteiger charge is -2.21. The van der Waals surface area contributed by atoms with Crippen LogP contribution < -0.4 is 9.47 Å². The van der Waals surface area contributed by atoms with Crippen LogP contribution in [-0.4, -0.2) is 16.7 Å². The number of hydrogen-bond acceptors (Lipinski definition) is 3. The Balaban J connectivity index is 1.81. The number of hydrogen-bond donors (Lipinski definition) is 0. The number of halogens is 1. The van der Waals surface area contributed by atoms with Gasteiger partial charge in [0.2, 0.25) is 5.78 Å². The zero-order valence-electron chi connectivity index (χ0n) is 13.7. The van der Waals surface area contributed by atoms with E-state index >= 15 is 0 Å². The molecule has 2 atom stereocenters. The standard InChI is InChI=1S/C19H23BrO3/c1-3-5-14(12(2)20)22-15-6-4-7-16-18(15)19(21)17(23-16)11-10-13-8-9-13/h4,6-7,11-14H,3,5,8-10H2,1-2H3. The van der Waals surface area contributed by atoms with E-state index in [-0.39, 0.29) is 16.7 Å². The van der Waals surface area contributed by atoms with Crippen molar-refractivity contribution in [1.82, 2.24) is 0 Å². The van der Waals surface area contributed by atoms with E-state index in [1.165, 1.54) is 12.8 Å².